The van der Waals surface area contributed by atoms with Gasteiger partial charge in [0.15, 0.2) is 0 Å². The number of hydrogen-bond acceptors (Lipinski definition) is 6. The maximum absolute atomic E-state index is 13.6. The van der Waals surface area contributed by atoms with Crippen LogP contribution in [0, 0.1) is 0 Å². The van der Waals surface area contributed by atoms with Gasteiger partial charge in [0.05, 0.1) is 33.8 Å². The van der Waals surface area contributed by atoms with Gasteiger partial charge >= 0.3 is 13.8 Å². The van der Waals surface area contributed by atoms with Crippen molar-refractivity contribution in [1.29, 1.82) is 0 Å². The fourth-order valence-electron chi connectivity index (χ4n) is 10.1. The van der Waals surface area contributed by atoms with Crippen LogP contribution in [0.2, 0.25) is 0 Å². The van der Waals surface area contributed by atoms with Gasteiger partial charge in [0.2, 0.25) is 5.91 Å². The third kappa shape index (κ3) is 62.1. The molecule has 0 spiro atoms. The molecule has 0 bridgehead atoms. The number of esters is 1. The number of phosphoric ester groups is 1. The highest BCUT2D eigenvalue weighted by molar-refractivity contribution is 7.47. The summed E-state index contributed by atoms with van der Waals surface area (Å²) in [6, 6.07) is -0.851. The van der Waals surface area contributed by atoms with Crippen LogP contribution in [0.4, 0.5) is 0 Å². The first kappa shape index (κ1) is 78.7. The second-order valence-electron chi connectivity index (χ2n) is 24.7. The predicted molar refractivity (Wildman–Crippen MR) is 351 cm³/mol. The molecule has 0 aromatic rings. The Labute approximate surface area is 502 Å². The Bertz CT molecular complexity index is 1570. The van der Waals surface area contributed by atoms with Crippen LogP contribution in [0.15, 0.2) is 60.8 Å². The van der Waals surface area contributed by atoms with E-state index in [0.717, 1.165) is 70.6 Å². The van der Waals surface area contributed by atoms with Crippen molar-refractivity contribution in [3.8, 4) is 0 Å². The third-order valence-electron chi connectivity index (χ3n) is 15.4. The summed E-state index contributed by atoms with van der Waals surface area (Å²) in [6.07, 6.45) is 77.9. The number of hydrogen-bond donors (Lipinski definition) is 2. The molecule has 2 N–H and O–H groups in total. The van der Waals surface area contributed by atoms with Crippen LogP contribution >= 0.6 is 7.82 Å². The lowest BCUT2D eigenvalue weighted by Gasteiger charge is -2.27. The van der Waals surface area contributed by atoms with Crippen molar-refractivity contribution in [1.82, 2.24) is 5.32 Å². The quantitative estimate of drug-likeness (QED) is 0.0205. The summed E-state index contributed by atoms with van der Waals surface area (Å²) in [5.41, 5.74) is 0. The van der Waals surface area contributed by atoms with Gasteiger partial charge in [-0.1, -0.05) is 281 Å². The molecule has 0 saturated carbocycles. The lowest BCUT2D eigenvalue weighted by atomic mass is 10.0. The zero-order chi connectivity index (χ0) is 59.3. The highest BCUT2D eigenvalue weighted by Crippen LogP contribution is 2.43. The maximum Gasteiger partial charge on any atom is 0.472 e. The summed E-state index contributed by atoms with van der Waals surface area (Å²) < 4.78 is 30.8. The Balaban J connectivity index is 5.15. The molecule has 3 unspecified atom stereocenters. The Kier molecular flexibility index (Phi) is 59.1. The summed E-state index contributed by atoms with van der Waals surface area (Å²) in [4.78, 5) is 37.9. The van der Waals surface area contributed by atoms with Crippen LogP contribution in [-0.4, -0.2) is 74.3 Å². The molecule has 0 rings (SSSR count). The van der Waals surface area contributed by atoms with Gasteiger partial charge in [-0.15, -0.1) is 0 Å². The van der Waals surface area contributed by atoms with Crippen molar-refractivity contribution in [2.24, 2.45) is 0 Å². The van der Waals surface area contributed by atoms with Crippen LogP contribution in [-0.2, 0) is 27.9 Å². The molecule has 9 nitrogen and oxygen atoms in total. The van der Waals surface area contributed by atoms with E-state index in [0.29, 0.717) is 17.4 Å². The summed E-state index contributed by atoms with van der Waals surface area (Å²) in [7, 11) is 1.50. The highest BCUT2D eigenvalue weighted by atomic mass is 31.2. The van der Waals surface area contributed by atoms with Crippen LogP contribution in [0.25, 0.3) is 0 Å². The minimum absolute atomic E-state index is 0.0394. The molecule has 0 aliphatic carbocycles. The first-order chi connectivity index (χ1) is 39.4. The monoisotopic (exact) mass is 1160 g/mol. The van der Waals surface area contributed by atoms with E-state index < -0.39 is 20.0 Å². The molecule has 0 saturated heterocycles. The van der Waals surface area contributed by atoms with Crippen molar-refractivity contribution in [3.05, 3.63) is 60.8 Å². The molecule has 0 aromatic heterocycles. The molecule has 0 fully saturated rings. The molecular formula is C71H134N2O7P+. The Hall–Kier alpha value is -2.29. The first-order valence-corrected chi connectivity index (χ1v) is 36.1. The van der Waals surface area contributed by atoms with E-state index in [1.54, 1.807) is 0 Å². The molecule has 0 radical (unpaired) electrons. The molecule has 3 atom stereocenters. The van der Waals surface area contributed by atoms with Gasteiger partial charge in [-0.25, -0.2) is 4.57 Å². The minimum Gasteiger partial charge on any atom is -0.456 e. The Morgan fingerprint density at radius 1 is 0.432 bits per heavy atom. The first-order valence-electron chi connectivity index (χ1n) is 34.6. The van der Waals surface area contributed by atoms with E-state index in [-0.39, 0.29) is 31.5 Å². The number of phosphoric acid groups is 1. The number of likely N-dealkylation sites (N-methyl/N-ethyl adjacent to an activating group) is 1. The average Bonchev–Trinajstić information content (AvgIpc) is 3.44. The number of rotatable bonds is 63. The van der Waals surface area contributed by atoms with Crippen LogP contribution in [0.5, 0.6) is 0 Å². The molecule has 0 aliphatic heterocycles. The molecule has 0 aromatic carbocycles. The smallest absolute Gasteiger partial charge is 0.456 e. The number of ether oxygens (including phenoxy) is 1. The van der Waals surface area contributed by atoms with E-state index >= 15 is 0 Å². The van der Waals surface area contributed by atoms with Crippen LogP contribution in [0.3, 0.4) is 0 Å². The van der Waals surface area contributed by atoms with E-state index in [1.807, 2.05) is 33.3 Å². The summed E-state index contributed by atoms with van der Waals surface area (Å²) >= 11 is 0. The highest BCUT2D eigenvalue weighted by Gasteiger charge is 2.30. The second kappa shape index (κ2) is 60.8. The van der Waals surface area contributed by atoms with Gasteiger partial charge < -0.3 is 19.4 Å². The number of nitrogens with zero attached hydrogens (tertiary/aromatic N) is 1. The van der Waals surface area contributed by atoms with Crippen molar-refractivity contribution < 1.29 is 37.3 Å². The molecule has 474 valence electrons. The number of carbonyl (C=O) groups excluding carboxylic acids is 2. The van der Waals surface area contributed by atoms with Crippen molar-refractivity contribution in [2.45, 2.75) is 341 Å². The van der Waals surface area contributed by atoms with Gasteiger partial charge in [0.25, 0.3) is 0 Å². The van der Waals surface area contributed by atoms with Crippen LogP contribution in [0.1, 0.15) is 329 Å². The topological polar surface area (TPSA) is 111 Å². The standard InChI is InChI=1S/C71H133N2O7P/c1-7-10-13-16-19-22-25-28-30-32-34-36-38-40-42-45-48-51-54-57-60-63-70(74)72-68(67-79-81(76,77)78-66-65-73(4,5)6)69(62-59-56-53-50-47-44-27-24-21-18-15-12-9-3)80-71(75)64-61-58-55-52-49-46-43-41-39-37-35-33-31-29-26-23-20-17-14-11-8-2/h19-20,22-23,28-31,59,62,68-69H,7-18,21,24-27,32-58,60-61,63-67H2,1-6H3,(H-,72,74,76,77)/p+1/b22-19-,23-20-,30-28-,31-29-,62-59+. The zero-order valence-electron chi connectivity index (χ0n) is 54.3. The van der Waals surface area contributed by atoms with Gasteiger partial charge in [-0.3, -0.25) is 18.6 Å². The van der Waals surface area contributed by atoms with E-state index in [1.165, 1.54) is 225 Å². The van der Waals surface area contributed by atoms with Crippen LogP contribution < -0.4 is 5.32 Å². The number of carbonyl (C=O) groups is 2. The number of allylic oxidation sites excluding steroid dienone is 9. The lowest BCUT2D eigenvalue weighted by Crippen LogP contribution is -2.47. The summed E-state index contributed by atoms with van der Waals surface area (Å²) in [6.45, 7) is 7.00. The fourth-order valence-corrected chi connectivity index (χ4v) is 10.8. The lowest BCUT2D eigenvalue weighted by molar-refractivity contribution is -0.870. The fraction of sp³-hybridized carbons (Fsp3) is 0.831. The average molecular weight is 1160 g/mol. The van der Waals surface area contributed by atoms with Crippen molar-refractivity contribution in [2.75, 3.05) is 40.9 Å². The van der Waals surface area contributed by atoms with E-state index in [4.69, 9.17) is 13.8 Å². The summed E-state index contributed by atoms with van der Waals surface area (Å²) in [5.74, 6) is -0.498. The SMILES string of the molecule is CCCCC/C=C\C/C=C\CCCCCCCCCCCCCC(=O)NC(COP(=O)(O)OCC[N+](C)(C)C)C(/C=C/CCCCCCCCCCCCC)OC(=O)CCCCCCCCCCCCC/C=C\C/C=C\CCCCC. The van der Waals surface area contributed by atoms with E-state index in [2.05, 4.69) is 74.7 Å². The number of amides is 1. The Morgan fingerprint density at radius 3 is 1.14 bits per heavy atom. The van der Waals surface area contributed by atoms with Crippen molar-refractivity contribution in [3.63, 3.8) is 0 Å². The molecule has 0 heterocycles. The third-order valence-corrected chi connectivity index (χ3v) is 16.4. The molecule has 0 aliphatic rings. The predicted octanol–water partition coefficient (Wildman–Crippen LogP) is 21.8. The Morgan fingerprint density at radius 2 is 0.753 bits per heavy atom. The molecule has 81 heavy (non-hydrogen) atoms. The number of unbranched alkanes of at least 4 members (excludes halogenated alkanes) is 39. The molecular weight excluding hydrogens is 1020 g/mol. The molecule has 1 amide bonds. The van der Waals surface area contributed by atoms with Gasteiger partial charge in [-0.05, 0) is 96.0 Å². The minimum atomic E-state index is -4.45. The number of quaternary nitrogens is 1. The van der Waals surface area contributed by atoms with Gasteiger partial charge in [0, 0.05) is 12.8 Å². The zero-order valence-corrected chi connectivity index (χ0v) is 55.2. The van der Waals surface area contributed by atoms with E-state index in [9.17, 15) is 19.0 Å². The van der Waals surface area contributed by atoms with Gasteiger partial charge in [-0.2, -0.15) is 0 Å². The van der Waals surface area contributed by atoms with Gasteiger partial charge in [0.1, 0.15) is 19.3 Å². The molecule has 10 heteroatoms. The summed E-state index contributed by atoms with van der Waals surface area (Å²) in [5, 5.41) is 3.07. The number of nitrogens with one attached hydrogen (secondary N) is 1. The van der Waals surface area contributed by atoms with Crippen molar-refractivity contribution >= 4 is 19.7 Å². The maximum atomic E-state index is 13.6. The normalized spacial score (nSPS) is 13.9. The largest absolute Gasteiger partial charge is 0.472 e. The second-order valence-corrected chi connectivity index (χ2v) is 26.1.